The highest BCUT2D eigenvalue weighted by molar-refractivity contribution is 9.10. The lowest BCUT2D eigenvalue weighted by Gasteiger charge is -2.01. The molecule has 0 aliphatic carbocycles. The third kappa shape index (κ3) is 2.38. The molecule has 4 nitrogen and oxygen atoms in total. The van der Waals surface area contributed by atoms with Gasteiger partial charge in [0.05, 0.1) is 6.20 Å². The van der Waals surface area contributed by atoms with Gasteiger partial charge in [-0.2, -0.15) is 5.10 Å². The van der Waals surface area contributed by atoms with Crippen molar-refractivity contribution in [3.05, 3.63) is 27.4 Å². The van der Waals surface area contributed by atoms with Crippen molar-refractivity contribution in [2.75, 3.05) is 5.32 Å². The van der Waals surface area contributed by atoms with Crippen molar-refractivity contribution >= 4 is 32.4 Å². The van der Waals surface area contributed by atoms with E-state index in [1.165, 1.54) is 11.3 Å². The lowest BCUT2D eigenvalue weighted by atomic mass is 10.2. The summed E-state index contributed by atoms with van der Waals surface area (Å²) < 4.78 is 2.74. The summed E-state index contributed by atoms with van der Waals surface area (Å²) in [5.41, 5.74) is 2.38. The lowest BCUT2D eigenvalue weighted by Crippen LogP contribution is -2.01. The highest BCUT2D eigenvalue weighted by Crippen LogP contribution is 2.20. The first-order valence-corrected chi connectivity index (χ1v) is 6.16. The molecule has 0 atom stereocenters. The Balaban J connectivity index is 2.02. The van der Waals surface area contributed by atoms with Crippen molar-refractivity contribution in [2.24, 2.45) is 7.05 Å². The molecule has 2 aromatic rings. The Labute approximate surface area is 100 Å². The van der Waals surface area contributed by atoms with Gasteiger partial charge in [0.15, 0.2) is 5.13 Å². The smallest absolute Gasteiger partial charge is 0.184 e. The number of rotatable bonds is 3. The van der Waals surface area contributed by atoms with Crippen LogP contribution in [0.1, 0.15) is 11.3 Å². The summed E-state index contributed by atoms with van der Waals surface area (Å²) in [6.45, 7) is 2.82. The lowest BCUT2D eigenvalue weighted by molar-refractivity contribution is 0.738. The van der Waals surface area contributed by atoms with Crippen LogP contribution in [0.2, 0.25) is 0 Å². The van der Waals surface area contributed by atoms with Crippen LogP contribution in [-0.2, 0) is 13.6 Å². The van der Waals surface area contributed by atoms with Crippen molar-refractivity contribution in [1.82, 2.24) is 14.8 Å². The third-order valence-corrected chi connectivity index (χ3v) is 3.75. The van der Waals surface area contributed by atoms with E-state index in [-0.39, 0.29) is 0 Å². The fourth-order valence-corrected chi connectivity index (χ4v) is 2.37. The van der Waals surface area contributed by atoms with Crippen LogP contribution in [0.3, 0.4) is 0 Å². The molecule has 15 heavy (non-hydrogen) atoms. The molecule has 0 aromatic carbocycles. The summed E-state index contributed by atoms with van der Waals surface area (Å²) in [6, 6.07) is 0. The first kappa shape index (κ1) is 10.6. The molecule has 2 heterocycles. The largest absolute Gasteiger partial charge is 0.357 e. The number of hydrogen-bond donors (Lipinski definition) is 1. The number of halogens is 1. The molecule has 0 unspecified atom stereocenters. The number of nitrogens with one attached hydrogen (secondary N) is 1. The molecular formula is C9H11BrN4S. The Morgan fingerprint density at radius 3 is 2.93 bits per heavy atom. The Bertz CT molecular complexity index is 462. The molecule has 0 amide bonds. The van der Waals surface area contributed by atoms with E-state index in [0.29, 0.717) is 0 Å². The van der Waals surface area contributed by atoms with Crippen LogP contribution in [-0.4, -0.2) is 14.8 Å². The highest BCUT2D eigenvalue weighted by atomic mass is 79.9. The predicted molar refractivity (Wildman–Crippen MR) is 65.1 cm³/mol. The first-order valence-electron chi connectivity index (χ1n) is 4.49. The van der Waals surface area contributed by atoms with Crippen LogP contribution in [0.5, 0.6) is 0 Å². The maximum atomic E-state index is 4.26. The second kappa shape index (κ2) is 4.32. The van der Waals surface area contributed by atoms with Crippen LogP contribution in [0.4, 0.5) is 5.13 Å². The fraction of sp³-hybridized carbons (Fsp3) is 0.333. The van der Waals surface area contributed by atoms with E-state index in [4.69, 9.17) is 0 Å². The van der Waals surface area contributed by atoms with Gasteiger partial charge in [-0.1, -0.05) is 0 Å². The molecule has 0 saturated carbocycles. The minimum atomic E-state index is 0.764. The van der Waals surface area contributed by atoms with Gasteiger partial charge >= 0.3 is 0 Å². The third-order valence-electron chi connectivity index (χ3n) is 2.24. The summed E-state index contributed by atoms with van der Waals surface area (Å²) in [5.74, 6) is 0. The predicted octanol–water partition coefficient (Wildman–Crippen LogP) is 2.56. The van der Waals surface area contributed by atoms with Gasteiger partial charge in [0.2, 0.25) is 0 Å². The van der Waals surface area contributed by atoms with Gasteiger partial charge in [-0.3, -0.25) is 4.68 Å². The van der Waals surface area contributed by atoms with Gasteiger partial charge in [0.1, 0.15) is 4.60 Å². The molecule has 0 saturated heterocycles. The van der Waals surface area contributed by atoms with E-state index in [2.05, 4.69) is 38.3 Å². The maximum Gasteiger partial charge on any atom is 0.184 e. The molecule has 6 heteroatoms. The number of nitrogens with zero attached hydrogens (tertiary/aromatic N) is 3. The minimum Gasteiger partial charge on any atom is -0.357 e. The highest BCUT2D eigenvalue weighted by Gasteiger charge is 2.04. The normalized spacial score (nSPS) is 10.6. The Hall–Kier alpha value is -0.880. The van der Waals surface area contributed by atoms with Gasteiger partial charge in [0, 0.05) is 30.2 Å². The van der Waals surface area contributed by atoms with E-state index < -0.39 is 0 Å². The second-order valence-electron chi connectivity index (χ2n) is 3.21. The average molecular weight is 287 g/mol. The number of aryl methyl sites for hydroxylation is 1. The van der Waals surface area contributed by atoms with E-state index in [0.717, 1.165) is 16.3 Å². The number of hydrogen-bond acceptors (Lipinski definition) is 4. The maximum absolute atomic E-state index is 4.26. The molecule has 2 aromatic heterocycles. The van der Waals surface area contributed by atoms with Crippen molar-refractivity contribution < 1.29 is 0 Å². The molecular weight excluding hydrogens is 276 g/mol. The zero-order chi connectivity index (χ0) is 10.8. The number of aromatic nitrogens is 3. The van der Waals surface area contributed by atoms with Crippen molar-refractivity contribution in [2.45, 2.75) is 13.5 Å². The molecule has 0 bridgehead atoms. The Morgan fingerprint density at radius 1 is 1.60 bits per heavy atom. The summed E-state index contributed by atoms with van der Waals surface area (Å²) in [6.07, 6.45) is 1.88. The van der Waals surface area contributed by atoms with Crippen LogP contribution >= 0.6 is 27.3 Å². The standard InChI is InChI=1S/C9H11BrN4S/c1-6-7(4-12-14(6)2)3-11-9-13-8(10)5-15-9/h4-5H,3H2,1-2H3,(H,11,13). The molecule has 0 aliphatic heterocycles. The molecule has 0 spiro atoms. The van der Waals surface area contributed by atoms with Crippen molar-refractivity contribution in [3.63, 3.8) is 0 Å². The van der Waals surface area contributed by atoms with Gasteiger partial charge < -0.3 is 5.32 Å². The van der Waals surface area contributed by atoms with Crippen LogP contribution in [0, 0.1) is 6.92 Å². The van der Waals surface area contributed by atoms with Gasteiger partial charge in [-0.15, -0.1) is 11.3 Å². The van der Waals surface area contributed by atoms with E-state index in [9.17, 15) is 0 Å². The summed E-state index contributed by atoms with van der Waals surface area (Å²) >= 11 is 4.90. The van der Waals surface area contributed by atoms with E-state index >= 15 is 0 Å². The monoisotopic (exact) mass is 286 g/mol. The molecule has 0 fully saturated rings. The zero-order valence-corrected chi connectivity index (χ0v) is 10.9. The molecule has 80 valence electrons. The number of anilines is 1. The minimum absolute atomic E-state index is 0.764. The van der Waals surface area contributed by atoms with Gasteiger partial charge in [-0.25, -0.2) is 4.98 Å². The Morgan fingerprint density at radius 2 is 2.40 bits per heavy atom. The SMILES string of the molecule is Cc1c(CNc2nc(Br)cs2)cnn1C. The molecule has 2 rings (SSSR count). The Kier molecular flexibility index (Phi) is 3.06. The number of thiazole rings is 1. The van der Waals surface area contributed by atoms with E-state index in [1.807, 2.05) is 23.3 Å². The average Bonchev–Trinajstić information content (AvgIpc) is 2.74. The topological polar surface area (TPSA) is 42.7 Å². The summed E-state index contributed by atoms with van der Waals surface area (Å²) in [5, 5.41) is 10.3. The summed E-state index contributed by atoms with van der Waals surface area (Å²) in [7, 11) is 1.94. The van der Waals surface area contributed by atoms with Crippen LogP contribution in [0.25, 0.3) is 0 Å². The molecule has 1 N–H and O–H groups in total. The van der Waals surface area contributed by atoms with Gasteiger partial charge in [0.25, 0.3) is 0 Å². The molecule has 0 radical (unpaired) electrons. The quantitative estimate of drug-likeness (QED) is 0.943. The van der Waals surface area contributed by atoms with E-state index in [1.54, 1.807) is 11.3 Å². The van der Waals surface area contributed by atoms with Crippen LogP contribution < -0.4 is 5.32 Å². The summed E-state index contributed by atoms with van der Waals surface area (Å²) in [4.78, 5) is 4.26. The van der Waals surface area contributed by atoms with Crippen LogP contribution in [0.15, 0.2) is 16.2 Å². The first-order chi connectivity index (χ1) is 7.16. The zero-order valence-electron chi connectivity index (χ0n) is 8.49. The van der Waals surface area contributed by atoms with Crippen molar-refractivity contribution in [1.29, 1.82) is 0 Å². The second-order valence-corrected chi connectivity index (χ2v) is 4.88. The van der Waals surface area contributed by atoms with Gasteiger partial charge in [-0.05, 0) is 22.9 Å². The molecule has 0 aliphatic rings. The fourth-order valence-electron chi connectivity index (χ4n) is 1.22. The van der Waals surface area contributed by atoms with Crippen molar-refractivity contribution in [3.8, 4) is 0 Å².